The molecule has 0 fully saturated rings. The topological polar surface area (TPSA) is 41.7 Å². The van der Waals surface area contributed by atoms with Gasteiger partial charge < -0.3 is 0 Å². The molecular formula is C16H28NO3S+. The zero-order valence-electron chi connectivity index (χ0n) is 14.2. The molecule has 0 aliphatic carbocycles. The lowest BCUT2D eigenvalue weighted by Gasteiger charge is -2.31. The zero-order valence-corrected chi connectivity index (χ0v) is 15.0. The number of hydrogen-bond donors (Lipinski definition) is 1. The normalized spacial score (nSPS) is 18.3. The van der Waals surface area contributed by atoms with Crippen LogP contribution in [0.4, 0.5) is 0 Å². The molecule has 1 aliphatic heterocycles. The summed E-state index contributed by atoms with van der Waals surface area (Å²) in [6.07, 6.45) is 2.29. The van der Waals surface area contributed by atoms with E-state index in [1.165, 1.54) is 22.4 Å². The SMILES string of the molecule is CC[N+]1=C(C(C)C)C(=C(C)C)C(CSOOO)=CC1(C)C. The van der Waals surface area contributed by atoms with Gasteiger partial charge in [0.2, 0.25) is 0 Å². The first kappa shape index (κ1) is 18.4. The lowest BCUT2D eigenvalue weighted by molar-refractivity contribution is -0.587. The van der Waals surface area contributed by atoms with Crippen molar-refractivity contribution in [1.29, 1.82) is 0 Å². The minimum Gasteiger partial charge on any atom is -0.225 e. The van der Waals surface area contributed by atoms with Crippen LogP contribution in [0.15, 0.2) is 22.8 Å². The maximum Gasteiger partial charge on any atom is 0.186 e. The summed E-state index contributed by atoms with van der Waals surface area (Å²) < 4.78 is 7.04. The zero-order chi connectivity index (χ0) is 16.2. The maximum atomic E-state index is 8.31. The molecule has 4 nitrogen and oxygen atoms in total. The van der Waals surface area contributed by atoms with Crippen molar-refractivity contribution < 1.29 is 19.2 Å². The fourth-order valence-electron chi connectivity index (χ4n) is 3.16. The molecule has 0 saturated carbocycles. The van der Waals surface area contributed by atoms with Crippen LogP contribution in [-0.4, -0.2) is 33.4 Å². The number of rotatable bonds is 6. The average molecular weight is 314 g/mol. The molecule has 0 amide bonds. The highest BCUT2D eigenvalue weighted by atomic mass is 32.2. The molecule has 0 aromatic rings. The number of allylic oxidation sites excluding steroid dienone is 2. The molecule has 1 rings (SSSR count). The van der Waals surface area contributed by atoms with Gasteiger partial charge in [0.25, 0.3) is 0 Å². The van der Waals surface area contributed by atoms with Crippen LogP contribution >= 0.6 is 12.0 Å². The first-order chi connectivity index (χ1) is 9.76. The van der Waals surface area contributed by atoms with Gasteiger partial charge in [-0.05, 0) is 32.4 Å². The predicted octanol–water partition coefficient (Wildman–Crippen LogP) is 4.24. The summed E-state index contributed by atoms with van der Waals surface area (Å²) in [6.45, 7) is 16.4. The molecule has 0 aromatic heterocycles. The van der Waals surface area contributed by atoms with Crippen molar-refractivity contribution in [2.45, 2.75) is 54.0 Å². The highest BCUT2D eigenvalue weighted by Gasteiger charge is 2.39. The van der Waals surface area contributed by atoms with Gasteiger partial charge in [0.15, 0.2) is 11.3 Å². The summed E-state index contributed by atoms with van der Waals surface area (Å²) in [5.74, 6) is 1.08. The van der Waals surface area contributed by atoms with Crippen LogP contribution in [0.2, 0.25) is 0 Å². The van der Waals surface area contributed by atoms with Crippen LogP contribution < -0.4 is 0 Å². The van der Waals surface area contributed by atoms with E-state index in [-0.39, 0.29) is 5.54 Å². The molecule has 0 atom stereocenters. The van der Waals surface area contributed by atoms with Crippen LogP contribution in [0.3, 0.4) is 0 Å². The molecule has 1 heterocycles. The summed E-state index contributed by atoms with van der Waals surface area (Å²) in [7, 11) is 0. The molecule has 1 N–H and O–H groups in total. The van der Waals surface area contributed by atoms with Gasteiger partial charge in [0.1, 0.15) is 6.54 Å². The van der Waals surface area contributed by atoms with Crippen molar-refractivity contribution in [3.8, 4) is 0 Å². The third-order valence-electron chi connectivity index (χ3n) is 3.75. The van der Waals surface area contributed by atoms with E-state index in [4.69, 9.17) is 5.26 Å². The van der Waals surface area contributed by atoms with Crippen molar-refractivity contribution in [3.63, 3.8) is 0 Å². The third kappa shape index (κ3) is 4.19. The first-order valence-electron chi connectivity index (χ1n) is 7.40. The summed E-state index contributed by atoms with van der Waals surface area (Å²) in [6, 6.07) is 0. The Morgan fingerprint density at radius 2 is 2.00 bits per heavy atom. The molecule has 0 unspecified atom stereocenters. The van der Waals surface area contributed by atoms with E-state index in [2.05, 4.69) is 68.5 Å². The standard InChI is InChI=1S/C16H27NO3S/c1-8-17-15(12(4)5)14(11(2)3)13(9-16(17,6)7)10-21-20-19-18/h9,12H,8,10H2,1-7H3/p+1. The second-order valence-electron chi connectivity index (χ2n) is 6.39. The average Bonchev–Trinajstić information content (AvgIpc) is 2.36. The van der Waals surface area contributed by atoms with Gasteiger partial charge in [0.05, 0.1) is 0 Å². The summed E-state index contributed by atoms with van der Waals surface area (Å²) in [5.41, 5.74) is 5.18. The Labute approximate surface area is 132 Å². The summed E-state index contributed by atoms with van der Waals surface area (Å²) in [4.78, 5) is 0. The molecule has 120 valence electrons. The highest BCUT2D eigenvalue weighted by Crippen LogP contribution is 2.33. The third-order valence-corrected chi connectivity index (χ3v) is 4.33. The smallest absolute Gasteiger partial charge is 0.186 e. The molecule has 0 saturated heterocycles. The second-order valence-corrected chi connectivity index (χ2v) is 7.05. The van der Waals surface area contributed by atoms with Crippen molar-refractivity contribution in [1.82, 2.24) is 0 Å². The Bertz CT molecular complexity index is 472. The van der Waals surface area contributed by atoms with Crippen LogP contribution in [0.25, 0.3) is 0 Å². The Hall–Kier alpha value is -0.620. The van der Waals surface area contributed by atoms with E-state index in [9.17, 15) is 0 Å². The monoisotopic (exact) mass is 314 g/mol. The Morgan fingerprint density at radius 1 is 1.38 bits per heavy atom. The van der Waals surface area contributed by atoms with E-state index in [1.807, 2.05) is 0 Å². The largest absolute Gasteiger partial charge is 0.225 e. The lowest BCUT2D eigenvalue weighted by atomic mass is 9.83. The maximum absolute atomic E-state index is 8.31. The van der Waals surface area contributed by atoms with Crippen LogP contribution in [0.1, 0.15) is 48.5 Å². The molecular weight excluding hydrogens is 286 g/mol. The predicted molar refractivity (Wildman–Crippen MR) is 88.4 cm³/mol. The molecule has 0 aromatic carbocycles. The van der Waals surface area contributed by atoms with Crippen molar-refractivity contribution in [3.05, 3.63) is 22.8 Å². The summed E-state index contributed by atoms with van der Waals surface area (Å²) in [5, 5.41) is 12.0. The van der Waals surface area contributed by atoms with E-state index in [1.54, 1.807) is 0 Å². The molecule has 0 spiro atoms. The van der Waals surface area contributed by atoms with Gasteiger partial charge in [-0.3, -0.25) is 0 Å². The minimum atomic E-state index is -0.0384. The number of nitrogens with zero attached hydrogens (tertiary/aromatic N) is 1. The first-order valence-corrected chi connectivity index (χ1v) is 8.31. The Balaban J connectivity index is 3.35. The van der Waals surface area contributed by atoms with Crippen molar-refractivity contribution in [2.24, 2.45) is 5.92 Å². The van der Waals surface area contributed by atoms with E-state index in [0.717, 1.165) is 18.6 Å². The van der Waals surface area contributed by atoms with E-state index >= 15 is 0 Å². The fraction of sp³-hybridized carbons (Fsp3) is 0.688. The van der Waals surface area contributed by atoms with Gasteiger partial charge in [-0.15, -0.1) is 4.33 Å². The van der Waals surface area contributed by atoms with Gasteiger partial charge in [-0.25, -0.2) is 9.83 Å². The lowest BCUT2D eigenvalue weighted by Crippen LogP contribution is -2.45. The van der Waals surface area contributed by atoms with Gasteiger partial charge in [-0.2, -0.15) is 0 Å². The van der Waals surface area contributed by atoms with Crippen molar-refractivity contribution in [2.75, 3.05) is 12.3 Å². The number of likely N-dealkylation sites (N-methyl/N-ethyl adjacent to an activating group) is 1. The molecule has 1 aliphatic rings. The molecule has 0 bridgehead atoms. The Kier molecular flexibility index (Phi) is 6.66. The Morgan fingerprint density at radius 3 is 2.43 bits per heavy atom. The van der Waals surface area contributed by atoms with Gasteiger partial charge >= 0.3 is 0 Å². The quantitative estimate of drug-likeness (QED) is 0.262. The van der Waals surface area contributed by atoms with Gasteiger partial charge in [0, 0.05) is 43.1 Å². The van der Waals surface area contributed by atoms with Crippen molar-refractivity contribution >= 4 is 17.8 Å². The summed E-state index contributed by atoms with van der Waals surface area (Å²) >= 11 is 1.10. The molecule has 5 heteroatoms. The minimum absolute atomic E-state index is 0.0384. The van der Waals surface area contributed by atoms with E-state index < -0.39 is 0 Å². The highest BCUT2D eigenvalue weighted by molar-refractivity contribution is 7.94. The molecule has 21 heavy (non-hydrogen) atoms. The van der Waals surface area contributed by atoms with Crippen LogP contribution in [0, 0.1) is 5.92 Å². The van der Waals surface area contributed by atoms with Gasteiger partial charge in [-0.1, -0.05) is 24.5 Å². The second kappa shape index (κ2) is 7.58. The van der Waals surface area contributed by atoms with E-state index in [0.29, 0.717) is 11.7 Å². The van der Waals surface area contributed by atoms with Crippen LogP contribution in [-0.2, 0) is 9.37 Å². The fourth-order valence-corrected chi connectivity index (χ4v) is 3.61. The molecule has 0 radical (unpaired) electrons. The van der Waals surface area contributed by atoms with Crippen LogP contribution in [0.5, 0.6) is 0 Å². The number of hydrogen-bond acceptors (Lipinski definition) is 4.